The standard InChI is InChI=1S/C37H50N4O3SSi/c1-23-38-32-27(17-20-31(32)45-23)34-39-28-18-15-24(22-29(28)40-34)21-26-16-19-30(41(26)35(42)43-36(2,3)4)33(25-13-11-10-12-14-25)44-46(8,9)37(5,6)7/h10-15,18,22,26-27,30,33H,16-17,19-21H2,1-9H3,(H,39,40)/p+1/t26-,27?,30?,33+/m0/s1. The smallest absolute Gasteiger partial charge is 0.414 e. The molecule has 3 heterocycles. The lowest BCUT2D eigenvalue weighted by Gasteiger charge is -2.41. The molecule has 5 atom stereocenters. The van der Waals surface area contributed by atoms with Gasteiger partial charge in [-0.2, -0.15) is 4.79 Å². The lowest BCUT2D eigenvalue weighted by molar-refractivity contribution is -0.868. The minimum absolute atomic E-state index is 0.0425. The number of H-pyrrole nitrogens is 1. The molecule has 46 heavy (non-hydrogen) atoms. The van der Waals surface area contributed by atoms with Crippen LogP contribution in [0, 0.1) is 6.92 Å². The van der Waals surface area contributed by atoms with E-state index in [9.17, 15) is 4.79 Å². The number of thiazole rings is 1. The van der Waals surface area contributed by atoms with Gasteiger partial charge in [-0.3, -0.25) is 0 Å². The van der Waals surface area contributed by atoms with Crippen molar-refractivity contribution < 1.29 is 18.9 Å². The van der Waals surface area contributed by atoms with E-state index in [0.29, 0.717) is 0 Å². The van der Waals surface area contributed by atoms with Crippen LogP contribution in [0.2, 0.25) is 18.1 Å². The number of imidazole rings is 1. The first-order valence-electron chi connectivity index (χ1n) is 16.9. The van der Waals surface area contributed by atoms with E-state index in [2.05, 4.69) is 88.2 Å². The van der Waals surface area contributed by atoms with Crippen molar-refractivity contribution in [3.05, 3.63) is 81.1 Å². The second kappa shape index (κ2) is 12.3. The first kappa shape index (κ1) is 33.1. The molecular formula is C37H51N4O3SSi+. The maximum absolute atomic E-state index is 14.1. The normalized spacial score (nSPS) is 22.7. The minimum atomic E-state index is -2.17. The number of rotatable bonds is 7. The number of benzene rings is 2. The number of nitrogens with one attached hydrogen (secondary N) is 2. The number of quaternary nitrogens is 1. The van der Waals surface area contributed by atoms with E-state index >= 15 is 0 Å². The van der Waals surface area contributed by atoms with Gasteiger partial charge in [0.05, 0.1) is 27.7 Å². The van der Waals surface area contributed by atoms with Gasteiger partial charge in [-0.1, -0.05) is 57.2 Å². The molecule has 1 fully saturated rings. The van der Waals surface area contributed by atoms with Gasteiger partial charge >= 0.3 is 6.09 Å². The van der Waals surface area contributed by atoms with Gasteiger partial charge in [0.1, 0.15) is 29.6 Å². The van der Waals surface area contributed by atoms with Crippen molar-refractivity contribution in [2.45, 2.75) is 128 Å². The van der Waals surface area contributed by atoms with E-state index in [1.54, 1.807) is 0 Å². The van der Waals surface area contributed by atoms with E-state index < -0.39 is 13.9 Å². The zero-order chi connectivity index (χ0) is 33.0. The fraction of sp³-hybridized carbons (Fsp3) is 0.541. The van der Waals surface area contributed by atoms with Gasteiger partial charge in [-0.05, 0) is 81.9 Å². The largest absolute Gasteiger partial charge is 0.515 e. The van der Waals surface area contributed by atoms with Gasteiger partial charge in [0, 0.05) is 24.1 Å². The molecule has 0 bridgehead atoms. The summed E-state index contributed by atoms with van der Waals surface area (Å²) in [6.45, 7) is 19.4. The van der Waals surface area contributed by atoms with Crippen LogP contribution in [0.25, 0.3) is 11.0 Å². The second-order valence-corrected chi connectivity index (χ2v) is 21.9. The fourth-order valence-corrected chi connectivity index (χ4v) is 9.27. The van der Waals surface area contributed by atoms with E-state index in [-0.39, 0.29) is 35.2 Å². The average molecular weight is 660 g/mol. The van der Waals surface area contributed by atoms with Gasteiger partial charge < -0.3 is 14.1 Å². The van der Waals surface area contributed by atoms with Crippen LogP contribution in [0.5, 0.6) is 0 Å². The summed E-state index contributed by atoms with van der Waals surface area (Å²) in [7, 11) is -2.17. The number of aryl methyl sites for hydroxylation is 2. The number of hydrogen-bond donors (Lipinski definition) is 2. The van der Waals surface area contributed by atoms with E-state index in [1.807, 2.05) is 38.2 Å². The van der Waals surface area contributed by atoms with Gasteiger partial charge in [0.2, 0.25) is 0 Å². The monoisotopic (exact) mass is 659 g/mol. The summed E-state index contributed by atoms with van der Waals surface area (Å²) in [6.07, 6.45) is 4.33. The highest BCUT2D eigenvalue weighted by molar-refractivity contribution is 7.11. The number of fused-ring (bicyclic) bond motifs is 2. The maximum atomic E-state index is 14.1. The van der Waals surface area contributed by atoms with Crippen molar-refractivity contribution in [1.82, 2.24) is 15.0 Å². The molecular weight excluding hydrogens is 609 g/mol. The SMILES string of the molecule is Cc1nc2c(s1)CCC2c1nc2ccc(C[C@@H]3CCC([C@H](O[Si](C)(C)C(C)(C)C)c4ccccc4)[NH+]3C(=O)OC(C)(C)C)cc2[nH]1. The molecule has 7 nitrogen and oxygen atoms in total. The van der Waals surface area contributed by atoms with Gasteiger partial charge in [-0.15, -0.1) is 11.3 Å². The Morgan fingerprint density at radius 3 is 2.48 bits per heavy atom. The lowest BCUT2D eigenvalue weighted by Crippen LogP contribution is -3.20. The molecule has 1 aliphatic carbocycles. The summed E-state index contributed by atoms with van der Waals surface area (Å²) in [5.74, 6) is 1.24. The molecule has 2 N–H and O–H groups in total. The van der Waals surface area contributed by atoms with Crippen molar-refractivity contribution in [3.63, 3.8) is 0 Å². The third-order valence-electron chi connectivity index (χ3n) is 10.2. The van der Waals surface area contributed by atoms with E-state index in [4.69, 9.17) is 19.1 Å². The summed E-state index contributed by atoms with van der Waals surface area (Å²) in [5.41, 5.74) is 4.98. The zero-order valence-corrected chi connectivity index (χ0v) is 30.8. The molecule has 1 aliphatic heterocycles. The molecule has 1 amide bonds. The fourth-order valence-electron chi connectivity index (χ4n) is 6.96. The van der Waals surface area contributed by atoms with Gasteiger partial charge in [0.15, 0.2) is 8.32 Å². The molecule has 1 saturated heterocycles. The zero-order valence-electron chi connectivity index (χ0n) is 29.0. The van der Waals surface area contributed by atoms with Crippen LogP contribution in [-0.4, -0.2) is 47.0 Å². The topological polar surface area (TPSA) is 81.5 Å². The van der Waals surface area contributed by atoms with Crippen molar-refractivity contribution >= 4 is 36.8 Å². The molecule has 9 heteroatoms. The number of hydrogen-bond acceptors (Lipinski definition) is 6. The number of likely N-dealkylation sites (tertiary alicyclic amines) is 1. The van der Waals surface area contributed by atoms with Crippen LogP contribution < -0.4 is 4.90 Å². The van der Waals surface area contributed by atoms with Crippen LogP contribution in [0.3, 0.4) is 0 Å². The second-order valence-electron chi connectivity index (χ2n) is 15.9. The van der Waals surface area contributed by atoms with Crippen LogP contribution >= 0.6 is 11.3 Å². The summed E-state index contributed by atoms with van der Waals surface area (Å²) in [5, 5.41) is 1.17. The molecule has 4 aromatic rings. The molecule has 0 spiro atoms. The van der Waals surface area contributed by atoms with Crippen LogP contribution in [0.15, 0.2) is 48.5 Å². The highest BCUT2D eigenvalue weighted by Gasteiger charge is 2.51. The average Bonchev–Trinajstić information content (AvgIpc) is 3.73. The Bertz CT molecular complexity index is 1700. The van der Waals surface area contributed by atoms with Crippen LogP contribution in [0.1, 0.15) is 105 Å². The van der Waals surface area contributed by atoms with Crippen molar-refractivity contribution in [2.24, 2.45) is 0 Å². The molecule has 6 rings (SSSR count). The Morgan fingerprint density at radius 2 is 1.78 bits per heavy atom. The quantitative estimate of drug-likeness (QED) is 0.196. The molecule has 2 aromatic heterocycles. The Balaban J connectivity index is 1.30. The third kappa shape index (κ3) is 6.75. The third-order valence-corrected chi connectivity index (χ3v) is 15.7. The minimum Gasteiger partial charge on any atom is -0.414 e. The van der Waals surface area contributed by atoms with E-state index in [0.717, 1.165) is 64.4 Å². The molecule has 246 valence electrons. The van der Waals surface area contributed by atoms with Crippen LogP contribution in [0.4, 0.5) is 4.79 Å². The Hall–Kier alpha value is -2.85. The number of alkyl carbamates (subject to hydrolysis) is 2. The number of nitrogens with zero attached hydrogens (tertiary/aromatic N) is 2. The maximum Gasteiger partial charge on any atom is 0.515 e. The van der Waals surface area contributed by atoms with E-state index in [1.165, 1.54) is 16.1 Å². The number of aromatic nitrogens is 3. The number of amides is 1. The predicted molar refractivity (Wildman–Crippen MR) is 188 cm³/mol. The molecule has 0 saturated carbocycles. The predicted octanol–water partition coefficient (Wildman–Crippen LogP) is 8.06. The van der Waals surface area contributed by atoms with Crippen molar-refractivity contribution in [1.29, 1.82) is 0 Å². The van der Waals surface area contributed by atoms with Gasteiger partial charge in [0.25, 0.3) is 0 Å². The summed E-state index contributed by atoms with van der Waals surface area (Å²) >= 11 is 1.81. The molecule has 3 unspecified atom stereocenters. The molecule has 2 aromatic carbocycles. The lowest BCUT2D eigenvalue weighted by atomic mass is 10.0. The highest BCUT2D eigenvalue weighted by atomic mass is 32.1. The summed E-state index contributed by atoms with van der Waals surface area (Å²) in [6, 6.07) is 17.1. The summed E-state index contributed by atoms with van der Waals surface area (Å²) in [4.78, 5) is 29.9. The number of ether oxygens (including phenoxy) is 1. The summed E-state index contributed by atoms with van der Waals surface area (Å²) < 4.78 is 13.3. The molecule has 2 aliphatic rings. The Labute approximate surface area is 279 Å². The first-order chi connectivity index (χ1) is 21.6. The Kier molecular flexibility index (Phi) is 8.85. The van der Waals surface area contributed by atoms with Crippen molar-refractivity contribution in [3.8, 4) is 0 Å². The first-order valence-corrected chi connectivity index (χ1v) is 20.6. The Morgan fingerprint density at radius 1 is 1.04 bits per heavy atom. The van der Waals surface area contributed by atoms with Crippen molar-refractivity contribution in [2.75, 3.05) is 0 Å². The van der Waals surface area contributed by atoms with Gasteiger partial charge in [-0.25, -0.2) is 14.9 Å². The highest BCUT2D eigenvalue weighted by Crippen LogP contribution is 2.42. The number of aromatic amines is 1. The number of carbonyl (C=O) groups is 1. The van der Waals surface area contributed by atoms with Crippen LogP contribution in [-0.2, 0) is 22.0 Å². The molecule has 0 radical (unpaired) electrons. The number of carbonyl (C=O) groups excluding carboxylic acids is 1.